The van der Waals surface area contributed by atoms with Crippen molar-refractivity contribution in [3.05, 3.63) is 53.6 Å². The second-order valence-electron chi connectivity index (χ2n) is 5.53. The largest absolute Gasteiger partial charge is 0.486 e. The highest BCUT2D eigenvalue weighted by Gasteiger charge is 2.15. The van der Waals surface area contributed by atoms with Crippen molar-refractivity contribution in [2.45, 2.75) is 0 Å². The Hall–Kier alpha value is -3.48. The topological polar surface area (TPSA) is 91.3 Å². The van der Waals surface area contributed by atoms with Crippen LogP contribution in [0.4, 0.5) is 0 Å². The second kappa shape index (κ2) is 8.75. The van der Waals surface area contributed by atoms with Gasteiger partial charge in [0, 0.05) is 11.6 Å². The SMILES string of the molecule is O=C(O)C=Cc1cccc2c1OCCO2.O=Cc1cccc2c1OCCO2. The molecule has 2 aliphatic heterocycles. The first-order valence-electron chi connectivity index (χ1n) is 8.32. The zero-order valence-corrected chi connectivity index (χ0v) is 14.4. The molecule has 0 unspecified atom stereocenters. The average molecular weight is 370 g/mol. The van der Waals surface area contributed by atoms with Crippen molar-refractivity contribution in [3.63, 3.8) is 0 Å². The first-order chi connectivity index (χ1) is 13.2. The molecule has 0 saturated heterocycles. The predicted octanol–water partition coefficient (Wildman–Crippen LogP) is 2.83. The van der Waals surface area contributed by atoms with Gasteiger partial charge in [0.2, 0.25) is 0 Å². The molecule has 27 heavy (non-hydrogen) atoms. The third-order valence-corrected chi connectivity index (χ3v) is 3.73. The van der Waals surface area contributed by atoms with E-state index < -0.39 is 5.97 Å². The Morgan fingerprint density at radius 1 is 0.815 bits per heavy atom. The Labute approximate surface area is 155 Å². The molecular formula is C20H18O7. The van der Waals surface area contributed by atoms with Crippen molar-refractivity contribution in [3.8, 4) is 23.0 Å². The number of ether oxygens (including phenoxy) is 4. The van der Waals surface area contributed by atoms with Crippen molar-refractivity contribution >= 4 is 18.3 Å². The Morgan fingerprint density at radius 3 is 1.89 bits per heavy atom. The molecule has 0 aromatic heterocycles. The highest BCUT2D eigenvalue weighted by atomic mass is 16.6. The third-order valence-electron chi connectivity index (χ3n) is 3.73. The number of fused-ring (bicyclic) bond motifs is 2. The number of carbonyl (C=O) groups is 2. The number of aldehydes is 1. The molecule has 0 radical (unpaired) electrons. The van der Waals surface area contributed by atoms with Crippen LogP contribution in [0.3, 0.4) is 0 Å². The van der Waals surface area contributed by atoms with E-state index in [9.17, 15) is 9.59 Å². The number of benzene rings is 2. The number of aliphatic carboxylic acids is 1. The smallest absolute Gasteiger partial charge is 0.328 e. The second-order valence-corrected chi connectivity index (χ2v) is 5.53. The molecule has 2 aromatic carbocycles. The van der Waals surface area contributed by atoms with Crippen molar-refractivity contribution in [1.29, 1.82) is 0 Å². The molecular weight excluding hydrogens is 352 g/mol. The lowest BCUT2D eigenvalue weighted by Gasteiger charge is -2.19. The zero-order chi connectivity index (χ0) is 19.1. The van der Waals surface area contributed by atoms with Gasteiger partial charge in [0.05, 0.1) is 5.56 Å². The number of rotatable bonds is 3. The van der Waals surface area contributed by atoms with E-state index in [0.717, 1.165) is 17.9 Å². The zero-order valence-electron chi connectivity index (χ0n) is 14.4. The van der Waals surface area contributed by atoms with Crippen LogP contribution in [0.2, 0.25) is 0 Å². The molecule has 1 N–H and O–H groups in total. The van der Waals surface area contributed by atoms with Crippen LogP contribution in [0, 0.1) is 0 Å². The van der Waals surface area contributed by atoms with Crippen LogP contribution < -0.4 is 18.9 Å². The van der Waals surface area contributed by atoms with Gasteiger partial charge in [0.1, 0.15) is 26.4 Å². The van der Waals surface area contributed by atoms with Crippen LogP contribution in [-0.2, 0) is 4.79 Å². The fourth-order valence-electron chi connectivity index (χ4n) is 2.58. The summed E-state index contributed by atoms with van der Waals surface area (Å²) in [6.07, 6.45) is 3.34. The molecule has 0 amide bonds. The lowest BCUT2D eigenvalue weighted by atomic mass is 10.1. The van der Waals surface area contributed by atoms with E-state index in [2.05, 4.69) is 0 Å². The summed E-state index contributed by atoms with van der Waals surface area (Å²) in [6.45, 7) is 2.08. The normalized spacial score (nSPS) is 14.1. The maximum Gasteiger partial charge on any atom is 0.328 e. The van der Waals surface area contributed by atoms with Gasteiger partial charge in [-0.2, -0.15) is 0 Å². The molecule has 0 atom stereocenters. The van der Waals surface area contributed by atoms with Crippen molar-refractivity contribution < 1.29 is 33.6 Å². The summed E-state index contributed by atoms with van der Waals surface area (Å²) in [5.41, 5.74) is 1.27. The summed E-state index contributed by atoms with van der Waals surface area (Å²) in [6, 6.07) is 10.7. The van der Waals surface area contributed by atoms with E-state index in [4.69, 9.17) is 24.1 Å². The molecule has 0 aliphatic carbocycles. The Bertz CT molecular complexity index is 857. The molecule has 7 nitrogen and oxygen atoms in total. The lowest BCUT2D eigenvalue weighted by molar-refractivity contribution is -0.131. The maximum atomic E-state index is 10.5. The van der Waals surface area contributed by atoms with Gasteiger partial charge in [-0.3, -0.25) is 4.79 Å². The van der Waals surface area contributed by atoms with Gasteiger partial charge in [0.25, 0.3) is 0 Å². The Kier molecular flexibility index (Phi) is 5.94. The molecule has 2 aromatic rings. The summed E-state index contributed by atoms with van der Waals surface area (Å²) in [7, 11) is 0. The van der Waals surface area contributed by atoms with E-state index >= 15 is 0 Å². The van der Waals surface area contributed by atoms with Gasteiger partial charge >= 0.3 is 5.97 Å². The van der Waals surface area contributed by atoms with Gasteiger partial charge in [-0.25, -0.2) is 4.79 Å². The summed E-state index contributed by atoms with van der Waals surface area (Å²) in [5, 5.41) is 8.52. The van der Waals surface area contributed by atoms with Crippen LogP contribution >= 0.6 is 0 Å². The monoisotopic (exact) mass is 370 g/mol. The number of carboxylic acid groups (broad SMARTS) is 1. The number of hydrogen-bond acceptors (Lipinski definition) is 6. The van der Waals surface area contributed by atoms with E-state index in [1.54, 1.807) is 36.4 Å². The number of para-hydroxylation sites is 2. The van der Waals surface area contributed by atoms with Crippen molar-refractivity contribution in [2.75, 3.05) is 26.4 Å². The van der Waals surface area contributed by atoms with Crippen molar-refractivity contribution in [1.82, 2.24) is 0 Å². The Morgan fingerprint density at radius 2 is 1.33 bits per heavy atom. The van der Waals surface area contributed by atoms with Crippen LogP contribution in [0.15, 0.2) is 42.5 Å². The summed E-state index contributed by atoms with van der Waals surface area (Å²) in [4.78, 5) is 20.9. The van der Waals surface area contributed by atoms with E-state index in [1.807, 2.05) is 0 Å². The number of carbonyl (C=O) groups excluding carboxylic acids is 1. The third kappa shape index (κ3) is 4.58. The molecule has 7 heteroatoms. The predicted molar refractivity (Wildman–Crippen MR) is 96.9 cm³/mol. The van der Waals surface area contributed by atoms with Gasteiger partial charge in [-0.15, -0.1) is 0 Å². The molecule has 0 saturated carbocycles. The van der Waals surface area contributed by atoms with Gasteiger partial charge < -0.3 is 24.1 Å². The van der Waals surface area contributed by atoms with Gasteiger partial charge in [0.15, 0.2) is 29.3 Å². The van der Waals surface area contributed by atoms with Gasteiger partial charge in [-0.1, -0.05) is 18.2 Å². The first-order valence-corrected chi connectivity index (χ1v) is 8.32. The highest BCUT2D eigenvalue weighted by molar-refractivity contribution is 5.86. The first kappa shape index (κ1) is 18.3. The van der Waals surface area contributed by atoms with Crippen molar-refractivity contribution in [2.24, 2.45) is 0 Å². The minimum Gasteiger partial charge on any atom is -0.486 e. The summed E-state index contributed by atoms with van der Waals surface area (Å²) < 4.78 is 21.4. The summed E-state index contributed by atoms with van der Waals surface area (Å²) >= 11 is 0. The van der Waals surface area contributed by atoms with Gasteiger partial charge in [-0.05, 0) is 24.3 Å². The molecule has 2 aliphatic rings. The molecule has 0 bridgehead atoms. The van der Waals surface area contributed by atoms with Crippen LogP contribution in [-0.4, -0.2) is 43.8 Å². The highest BCUT2D eigenvalue weighted by Crippen LogP contribution is 2.34. The molecule has 0 fully saturated rings. The van der Waals surface area contributed by atoms with Crippen LogP contribution in [0.1, 0.15) is 15.9 Å². The fourth-order valence-corrected chi connectivity index (χ4v) is 2.58. The van der Waals surface area contributed by atoms with E-state index in [1.165, 1.54) is 6.08 Å². The van der Waals surface area contributed by atoms with Crippen LogP contribution in [0.25, 0.3) is 6.08 Å². The molecule has 140 valence electrons. The molecule has 2 heterocycles. The quantitative estimate of drug-likeness (QED) is 0.656. The minimum absolute atomic E-state index is 0.491. The minimum atomic E-state index is -0.982. The number of carboxylic acids is 1. The number of hydrogen-bond donors (Lipinski definition) is 1. The van der Waals surface area contributed by atoms with Crippen LogP contribution in [0.5, 0.6) is 23.0 Å². The van der Waals surface area contributed by atoms with E-state index in [-0.39, 0.29) is 0 Å². The standard InChI is InChI=1S/C11H10O4.C9H8O3/c12-10(13)5-4-8-2-1-3-9-11(8)15-7-6-14-9;10-6-7-2-1-3-8-9(7)12-5-4-11-8/h1-5H,6-7H2,(H,12,13);1-3,6H,4-5H2. The average Bonchev–Trinajstić information content (AvgIpc) is 2.72. The van der Waals surface area contributed by atoms with E-state index in [0.29, 0.717) is 55.0 Å². The fraction of sp³-hybridized carbons (Fsp3) is 0.200. The maximum absolute atomic E-state index is 10.5. The molecule has 0 spiro atoms. The Balaban J connectivity index is 0.000000159. The molecule has 4 rings (SSSR count). The summed E-state index contributed by atoms with van der Waals surface area (Å²) in [5.74, 6) is 1.52. The lowest BCUT2D eigenvalue weighted by Crippen LogP contribution is -2.16.